The van der Waals surface area contributed by atoms with Crippen LogP contribution in [0.1, 0.15) is 56.3 Å². The number of benzene rings is 1. The van der Waals surface area contributed by atoms with Gasteiger partial charge in [-0.05, 0) is 55.8 Å². The second kappa shape index (κ2) is 6.28. The Morgan fingerprint density at radius 3 is 2.85 bits per heavy atom. The topological polar surface area (TPSA) is 23.5 Å². The van der Waals surface area contributed by atoms with E-state index in [1.54, 1.807) is 0 Å². The van der Waals surface area contributed by atoms with Gasteiger partial charge in [-0.25, -0.2) is 0 Å². The second-order valence-electron chi connectivity index (χ2n) is 6.54. The summed E-state index contributed by atoms with van der Waals surface area (Å²) in [7, 11) is 0. The molecule has 1 aromatic rings. The number of aliphatic hydroxyl groups excluding tert-OH is 1. The van der Waals surface area contributed by atoms with Crippen LogP contribution < -0.4 is 0 Å². The van der Waals surface area contributed by atoms with Crippen molar-refractivity contribution in [3.8, 4) is 0 Å². The Kier molecular flexibility index (Phi) is 4.42. The Hall–Kier alpha value is -0.860. The van der Waals surface area contributed by atoms with E-state index in [2.05, 4.69) is 30.0 Å². The lowest BCUT2D eigenvalue weighted by atomic mass is 9.96. The fourth-order valence-corrected chi connectivity index (χ4v) is 4.10. The van der Waals surface area contributed by atoms with E-state index in [4.69, 9.17) is 0 Å². The van der Waals surface area contributed by atoms with Crippen molar-refractivity contribution in [3.63, 3.8) is 0 Å². The smallest absolute Gasteiger partial charge is 0.0951 e. The molecule has 0 radical (unpaired) electrons. The van der Waals surface area contributed by atoms with Crippen LogP contribution >= 0.6 is 0 Å². The number of likely N-dealkylation sites (tertiary alicyclic amines) is 1. The van der Waals surface area contributed by atoms with Crippen molar-refractivity contribution in [1.82, 2.24) is 4.90 Å². The molecule has 1 fully saturated rings. The lowest BCUT2D eigenvalue weighted by Crippen LogP contribution is -2.39. The normalized spacial score (nSPS) is 31.0. The predicted octanol–water partition coefficient (Wildman–Crippen LogP) is 3.55. The van der Waals surface area contributed by atoms with Gasteiger partial charge in [0.2, 0.25) is 0 Å². The zero-order valence-electron chi connectivity index (χ0n) is 12.6. The first kappa shape index (κ1) is 14.1. The molecule has 0 aromatic heterocycles. The van der Waals surface area contributed by atoms with E-state index >= 15 is 0 Å². The van der Waals surface area contributed by atoms with Gasteiger partial charge >= 0.3 is 0 Å². The maximum atomic E-state index is 10.6. The van der Waals surface area contributed by atoms with Gasteiger partial charge < -0.3 is 5.11 Å². The lowest BCUT2D eigenvalue weighted by Gasteiger charge is -2.30. The van der Waals surface area contributed by atoms with Crippen molar-refractivity contribution in [3.05, 3.63) is 35.4 Å². The van der Waals surface area contributed by atoms with E-state index < -0.39 is 0 Å². The van der Waals surface area contributed by atoms with Crippen LogP contribution in [0.25, 0.3) is 0 Å². The minimum atomic E-state index is -0.283. The van der Waals surface area contributed by atoms with E-state index in [1.165, 1.54) is 44.2 Å². The average Bonchev–Trinajstić information content (AvgIpc) is 2.65. The number of fused-ring (bicyclic) bond motifs is 1. The molecule has 0 spiro atoms. The Balaban J connectivity index is 1.66. The molecule has 1 heterocycles. The summed E-state index contributed by atoms with van der Waals surface area (Å²) < 4.78 is 0. The highest BCUT2D eigenvalue weighted by Gasteiger charge is 2.35. The van der Waals surface area contributed by atoms with Crippen molar-refractivity contribution >= 4 is 0 Å². The largest absolute Gasteiger partial charge is 0.387 e. The van der Waals surface area contributed by atoms with E-state index in [0.29, 0.717) is 6.04 Å². The summed E-state index contributed by atoms with van der Waals surface area (Å²) in [5, 5.41) is 10.6. The van der Waals surface area contributed by atoms with Gasteiger partial charge in [0, 0.05) is 6.04 Å². The van der Waals surface area contributed by atoms with Gasteiger partial charge in [-0.2, -0.15) is 0 Å². The van der Waals surface area contributed by atoms with E-state index in [9.17, 15) is 5.11 Å². The van der Waals surface area contributed by atoms with Crippen molar-refractivity contribution in [2.75, 3.05) is 13.1 Å². The Morgan fingerprint density at radius 1 is 1.20 bits per heavy atom. The third-order valence-corrected chi connectivity index (χ3v) is 5.22. The van der Waals surface area contributed by atoms with Crippen molar-refractivity contribution in [2.24, 2.45) is 5.92 Å². The van der Waals surface area contributed by atoms with E-state index in [-0.39, 0.29) is 6.10 Å². The SMILES string of the molecule is CCCC1CCCN(C2Cc3ccccc3C2O)CC1. The van der Waals surface area contributed by atoms with Gasteiger partial charge in [-0.1, -0.05) is 44.0 Å². The molecule has 2 nitrogen and oxygen atoms in total. The molecule has 110 valence electrons. The molecule has 3 rings (SSSR count). The van der Waals surface area contributed by atoms with Gasteiger partial charge in [0.25, 0.3) is 0 Å². The first-order valence-corrected chi connectivity index (χ1v) is 8.29. The summed E-state index contributed by atoms with van der Waals surface area (Å²) in [4.78, 5) is 2.56. The van der Waals surface area contributed by atoms with Gasteiger partial charge in [-0.3, -0.25) is 4.90 Å². The molecule has 0 bridgehead atoms. The fraction of sp³-hybridized carbons (Fsp3) is 0.667. The van der Waals surface area contributed by atoms with Crippen LogP contribution in [-0.2, 0) is 6.42 Å². The molecule has 20 heavy (non-hydrogen) atoms. The molecule has 1 aliphatic carbocycles. The Bertz CT molecular complexity index is 445. The maximum absolute atomic E-state index is 10.6. The molecule has 0 amide bonds. The predicted molar refractivity (Wildman–Crippen MR) is 82.7 cm³/mol. The minimum absolute atomic E-state index is 0.283. The summed E-state index contributed by atoms with van der Waals surface area (Å²) in [5.41, 5.74) is 2.51. The van der Waals surface area contributed by atoms with Crippen molar-refractivity contribution in [1.29, 1.82) is 0 Å². The highest BCUT2D eigenvalue weighted by molar-refractivity contribution is 5.35. The minimum Gasteiger partial charge on any atom is -0.387 e. The van der Waals surface area contributed by atoms with Gasteiger partial charge in [0.05, 0.1) is 6.10 Å². The van der Waals surface area contributed by atoms with Gasteiger partial charge in [0.1, 0.15) is 0 Å². The van der Waals surface area contributed by atoms with Crippen molar-refractivity contribution < 1.29 is 5.11 Å². The molecule has 0 saturated carbocycles. The van der Waals surface area contributed by atoms with Crippen LogP contribution in [0.2, 0.25) is 0 Å². The van der Waals surface area contributed by atoms with Crippen LogP contribution in [0.3, 0.4) is 0 Å². The monoisotopic (exact) mass is 273 g/mol. The van der Waals surface area contributed by atoms with E-state index in [0.717, 1.165) is 24.4 Å². The summed E-state index contributed by atoms with van der Waals surface area (Å²) >= 11 is 0. The molecular weight excluding hydrogens is 246 g/mol. The average molecular weight is 273 g/mol. The molecule has 1 saturated heterocycles. The van der Waals surface area contributed by atoms with Gasteiger partial charge in [-0.15, -0.1) is 0 Å². The van der Waals surface area contributed by atoms with Crippen LogP contribution in [0, 0.1) is 5.92 Å². The summed E-state index contributed by atoms with van der Waals surface area (Å²) in [5.74, 6) is 0.908. The quantitative estimate of drug-likeness (QED) is 0.910. The molecule has 3 unspecified atom stereocenters. The van der Waals surface area contributed by atoms with Gasteiger partial charge in [0.15, 0.2) is 0 Å². The zero-order chi connectivity index (χ0) is 13.9. The summed E-state index contributed by atoms with van der Waals surface area (Å²) in [6.45, 7) is 4.62. The molecule has 2 aliphatic rings. The highest BCUT2D eigenvalue weighted by Crippen LogP contribution is 2.35. The standard InChI is InChI=1S/C18H27NO/c1-2-6-14-7-5-11-19(12-10-14)17-13-15-8-3-4-9-16(15)18(17)20/h3-4,8-9,14,17-18,20H,2,5-7,10-13H2,1H3. The van der Waals surface area contributed by atoms with Crippen LogP contribution in [0.15, 0.2) is 24.3 Å². The van der Waals surface area contributed by atoms with Crippen LogP contribution in [-0.4, -0.2) is 29.1 Å². The third-order valence-electron chi connectivity index (χ3n) is 5.22. The third kappa shape index (κ3) is 2.77. The molecule has 1 aromatic carbocycles. The maximum Gasteiger partial charge on any atom is 0.0951 e. The number of hydrogen-bond donors (Lipinski definition) is 1. The lowest BCUT2D eigenvalue weighted by molar-refractivity contribution is 0.0619. The number of aliphatic hydroxyl groups is 1. The first-order valence-electron chi connectivity index (χ1n) is 8.29. The van der Waals surface area contributed by atoms with Crippen molar-refractivity contribution in [2.45, 2.75) is 57.6 Å². The molecule has 3 atom stereocenters. The second-order valence-corrected chi connectivity index (χ2v) is 6.54. The molecule has 2 heteroatoms. The molecule has 1 N–H and O–H groups in total. The first-order chi connectivity index (χ1) is 9.79. The number of hydrogen-bond acceptors (Lipinski definition) is 2. The van der Waals surface area contributed by atoms with Crippen LogP contribution in [0.5, 0.6) is 0 Å². The molecular formula is C18H27NO. The number of nitrogens with zero attached hydrogens (tertiary/aromatic N) is 1. The Labute approximate surface area is 122 Å². The fourth-order valence-electron chi connectivity index (χ4n) is 4.10. The van der Waals surface area contributed by atoms with Crippen LogP contribution in [0.4, 0.5) is 0 Å². The highest BCUT2D eigenvalue weighted by atomic mass is 16.3. The summed E-state index contributed by atoms with van der Waals surface area (Å²) in [6.07, 6.45) is 7.41. The Morgan fingerprint density at radius 2 is 2.05 bits per heavy atom. The number of rotatable bonds is 3. The summed E-state index contributed by atoms with van der Waals surface area (Å²) in [6, 6.07) is 8.72. The zero-order valence-corrected chi connectivity index (χ0v) is 12.6. The molecule has 1 aliphatic heterocycles. The van der Waals surface area contributed by atoms with E-state index in [1.807, 2.05) is 6.07 Å².